The molecule has 3 N–H and O–H groups in total. The first-order valence-electron chi connectivity index (χ1n) is 6.26. The Morgan fingerprint density at radius 1 is 1.55 bits per heavy atom. The molecule has 0 saturated carbocycles. The van der Waals surface area contributed by atoms with Gasteiger partial charge in [-0.1, -0.05) is 0 Å². The first kappa shape index (κ1) is 14.3. The van der Waals surface area contributed by atoms with Gasteiger partial charge in [-0.05, 0) is 12.1 Å². The molecular formula is C13H17N3O4. The van der Waals surface area contributed by atoms with E-state index in [0.29, 0.717) is 24.3 Å². The molecule has 1 amide bonds. The lowest BCUT2D eigenvalue weighted by molar-refractivity contribution is -0.148. The van der Waals surface area contributed by atoms with Gasteiger partial charge in [0, 0.05) is 25.8 Å². The van der Waals surface area contributed by atoms with Gasteiger partial charge in [0.15, 0.2) is 0 Å². The number of pyridine rings is 1. The fourth-order valence-corrected chi connectivity index (χ4v) is 2.27. The second-order valence-corrected chi connectivity index (χ2v) is 4.75. The number of carboxylic acid groups (broad SMARTS) is 1. The summed E-state index contributed by atoms with van der Waals surface area (Å²) in [6.45, 7) is 0.293. The molecule has 0 spiro atoms. The van der Waals surface area contributed by atoms with E-state index in [-0.39, 0.29) is 18.4 Å². The van der Waals surface area contributed by atoms with E-state index in [0.717, 1.165) is 0 Å². The van der Waals surface area contributed by atoms with Crippen molar-refractivity contribution < 1.29 is 19.4 Å². The number of rotatable bonds is 4. The van der Waals surface area contributed by atoms with Crippen molar-refractivity contribution in [2.75, 3.05) is 19.4 Å². The number of likely N-dealkylation sites (tertiary alicyclic amines) is 1. The fourth-order valence-electron chi connectivity index (χ4n) is 2.27. The molecule has 1 saturated heterocycles. The fraction of sp³-hybridized carbons (Fsp3) is 0.462. The van der Waals surface area contributed by atoms with E-state index in [1.165, 1.54) is 18.2 Å². The number of aliphatic carboxylic acids is 1. The molecule has 108 valence electrons. The number of hydrogen-bond donors (Lipinski definition) is 2. The predicted octanol–water partition coefficient (Wildman–Crippen LogP) is -0.0932. The zero-order valence-electron chi connectivity index (χ0n) is 11.2. The van der Waals surface area contributed by atoms with Crippen LogP contribution in [-0.2, 0) is 20.7 Å². The number of carbonyl (C=O) groups is 2. The van der Waals surface area contributed by atoms with Crippen molar-refractivity contribution in [3.05, 3.63) is 24.0 Å². The molecule has 1 fully saturated rings. The number of anilines is 1. The van der Waals surface area contributed by atoms with Crippen LogP contribution in [0.2, 0.25) is 0 Å². The number of aromatic nitrogens is 1. The number of amides is 1. The van der Waals surface area contributed by atoms with Crippen LogP contribution < -0.4 is 5.73 Å². The van der Waals surface area contributed by atoms with Gasteiger partial charge in [-0.25, -0.2) is 4.79 Å². The van der Waals surface area contributed by atoms with Gasteiger partial charge in [-0.15, -0.1) is 0 Å². The lowest BCUT2D eigenvalue weighted by Crippen LogP contribution is -2.41. The third-order valence-corrected chi connectivity index (χ3v) is 3.38. The molecule has 1 aliphatic heterocycles. The van der Waals surface area contributed by atoms with Crippen molar-refractivity contribution in [2.24, 2.45) is 0 Å². The smallest absolute Gasteiger partial charge is 0.326 e. The van der Waals surface area contributed by atoms with E-state index in [2.05, 4.69) is 4.98 Å². The third-order valence-electron chi connectivity index (χ3n) is 3.38. The minimum atomic E-state index is -1.01. The number of nitrogen functional groups attached to an aromatic ring is 1. The van der Waals surface area contributed by atoms with Gasteiger partial charge in [0.1, 0.15) is 6.04 Å². The highest BCUT2D eigenvalue weighted by Gasteiger charge is 2.39. The van der Waals surface area contributed by atoms with Crippen LogP contribution in [0.4, 0.5) is 5.69 Å². The highest BCUT2D eigenvalue weighted by atomic mass is 16.5. The molecule has 1 aliphatic rings. The molecule has 1 aromatic rings. The number of carbonyl (C=O) groups excluding carboxylic acids is 1. The van der Waals surface area contributed by atoms with E-state index < -0.39 is 12.0 Å². The molecule has 0 radical (unpaired) electrons. The minimum absolute atomic E-state index is 0.0560. The molecule has 7 heteroatoms. The van der Waals surface area contributed by atoms with E-state index in [1.54, 1.807) is 12.1 Å². The number of nitrogens with two attached hydrogens (primary N) is 1. The number of methoxy groups -OCH3 is 1. The molecule has 2 unspecified atom stereocenters. The van der Waals surface area contributed by atoms with E-state index >= 15 is 0 Å². The lowest BCUT2D eigenvalue weighted by Gasteiger charge is -2.21. The second kappa shape index (κ2) is 5.87. The Balaban J connectivity index is 2.07. The minimum Gasteiger partial charge on any atom is -0.480 e. The Hall–Kier alpha value is -2.15. The Kier molecular flexibility index (Phi) is 4.19. The van der Waals surface area contributed by atoms with Gasteiger partial charge in [0.25, 0.3) is 0 Å². The Bertz CT molecular complexity index is 503. The van der Waals surface area contributed by atoms with Crippen LogP contribution in [0.5, 0.6) is 0 Å². The highest BCUT2D eigenvalue weighted by molar-refractivity contribution is 5.85. The molecule has 20 heavy (non-hydrogen) atoms. The summed E-state index contributed by atoms with van der Waals surface area (Å²) in [5.41, 5.74) is 6.61. The largest absolute Gasteiger partial charge is 0.480 e. The van der Waals surface area contributed by atoms with Gasteiger partial charge in [0.05, 0.1) is 24.4 Å². The highest BCUT2D eigenvalue weighted by Crippen LogP contribution is 2.21. The summed E-state index contributed by atoms with van der Waals surface area (Å²) in [5, 5.41) is 9.17. The van der Waals surface area contributed by atoms with Crippen molar-refractivity contribution >= 4 is 17.6 Å². The van der Waals surface area contributed by atoms with Crippen LogP contribution in [0.1, 0.15) is 12.1 Å². The maximum atomic E-state index is 12.2. The Morgan fingerprint density at radius 3 is 2.85 bits per heavy atom. The first-order valence-corrected chi connectivity index (χ1v) is 6.26. The van der Waals surface area contributed by atoms with Crippen LogP contribution in [0.3, 0.4) is 0 Å². The third kappa shape index (κ3) is 3.05. The van der Waals surface area contributed by atoms with Crippen LogP contribution in [-0.4, -0.2) is 52.7 Å². The van der Waals surface area contributed by atoms with Crippen LogP contribution in [0.25, 0.3) is 0 Å². The molecule has 0 bridgehead atoms. The second-order valence-electron chi connectivity index (χ2n) is 4.75. The molecule has 7 nitrogen and oxygen atoms in total. The average Bonchev–Trinajstić information content (AvgIpc) is 2.86. The Morgan fingerprint density at radius 2 is 2.30 bits per heavy atom. The van der Waals surface area contributed by atoms with Gasteiger partial charge in [0.2, 0.25) is 5.91 Å². The molecule has 0 aromatic carbocycles. The first-order chi connectivity index (χ1) is 9.51. The summed E-state index contributed by atoms with van der Waals surface area (Å²) >= 11 is 0. The molecule has 2 rings (SSSR count). The topological polar surface area (TPSA) is 106 Å². The summed E-state index contributed by atoms with van der Waals surface area (Å²) in [6, 6.07) is 2.49. The number of hydrogen-bond acceptors (Lipinski definition) is 5. The maximum absolute atomic E-state index is 12.2. The SMILES string of the molecule is COC1CC(C(=O)O)N(C(=O)Cc2ccc(N)cn2)C1. The quantitative estimate of drug-likeness (QED) is 0.797. The van der Waals surface area contributed by atoms with Gasteiger partial charge < -0.3 is 20.5 Å². The van der Waals surface area contributed by atoms with Crippen molar-refractivity contribution in [1.29, 1.82) is 0 Å². The normalized spacial score (nSPS) is 21.9. The summed E-state index contributed by atoms with van der Waals surface area (Å²) in [6.07, 6.45) is 1.60. The van der Waals surface area contributed by atoms with Gasteiger partial charge in [-0.2, -0.15) is 0 Å². The molecule has 0 aliphatic carbocycles. The monoisotopic (exact) mass is 279 g/mol. The van der Waals surface area contributed by atoms with Crippen LogP contribution in [0, 0.1) is 0 Å². The van der Waals surface area contributed by atoms with E-state index in [1.807, 2.05) is 0 Å². The summed E-state index contributed by atoms with van der Waals surface area (Å²) in [5.74, 6) is -1.28. The lowest BCUT2D eigenvalue weighted by atomic mass is 10.2. The molecule has 2 atom stereocenters. The average molecular weight is 279 g/mol. The van der Waals surface area contributed by atoms with Crippen molar-refractivity contribution in [3.8, 4) is 0 Å². The van der Waals surface area contributed by atoms with E-state index in [9.17, 15) is 9.59 Å². The number of nitrogens with zero attached hydrogens (tertiary/aromatic N) is 2. The zero-order chi connectivity index (χ0) is 14.7. The number of ether oxygens (including phenoxy) is 1. The van der Waals surface area contributed by atoms with Crippen LogP contribution >= 0.6 is 0 Å². The maximum Gasteiger partial charge on any atom is 0.326 e. The Labute approximate surface area is 116 Å². The summed E-state index contributed by atoms with van der Waals surface area (Å²) < 4.78 is 5.15. The standard InChI is InChI=1S/C13H17N3O4/c1-20-10-5-11(13(18)19)16(7-10)12(17)4-9-3-2-8(14)6-15-9/h2-3,6,10-11H,4-5,7,14H2,1H3,(H,18,19). The number of carboxylic acids is 1. The van der Waals surface area contributed by atoms with Crippen LogP contribution in [0.15, 0.2) is 18.3 Å². The van der Waals surface area contributed by atoms with Gasteiger partial charge in [-0.3, -0.25) is 9.78 Å². The van der Waals surface area contributed by atoms with Crippen molar-refractivity contribution in [1.82, 2.24) is 9.88 Å². The summed E-state index contributed by atoms with van der Waals surface area (Å²) in [7, 11) is 1.51. The zero-order valence-corrected chi connectivity index (χ0v) is 11.2. The van der Waals surface area contributed by atoms with Crippen molar-refractivity contribution in [2.45, 2.75) is 25.0 Å². The predicted molar refractivity (Wildman–Crippen MR) is 70.9 cm³/mol. The van der Waals surface area contributed by atoms with Gasteiger partial charge >= 0.3 is 5.97 Å². The summed E-state index contributed by atoms with van der Waals surface area (Å²) in [4.78, 5) is 28.8. The molecular weight excluding hydrogens is 262 g/mol. The molecule has 2 heterocycles. The van der Waals surface area contributed by atoms with Crippen molar-refractivity contribution in [3.63, 3.8) is 0 Å². The molecule has 1 aromatic heterocycles. The van der Waals surface area contributed by atoms with E-state index in [4.69, 9.17) is 15.6 Å².